The van der Waals surface area contributed by atoms with Gasteiger partial charge in [-0.05, 0) is 36.8 Å². The molecule has 1 aliphatic rings. The van der Waals surface area contributed by atoms with Crippen LogP contribution >= 0.6 is 0 Å². The Morgan fingerprint density at radius 2 is 2.00 bits per heavy atom. The normalized spacial score (nSPS) is 15.5. The number of aromatic nitrogens is 2. The van der Waals surface area contributed by atoms with Gasteiger partial charge in [0.25, 0.3) is 0 Å². The summed E-state index contributed by atoms with van der Waals surface area (Å²) in [4.78, 5) is 17.1. The number of imidazole rings is 1. The van der Waals surface area contributed by atoms with Crippen LogP contribution in [0, 0.1) is 6.92 Å². The van der Waals surface area contributed by atoms with Gasteiger partial charge in [0.2, 0.25) is 10.0 Å². The fourth-order valence-corrected chi connectivity index (χ4v) is 4.63. The van der Waals surface area contributed by atoms with E-state index in [9.17, 15) is 13.2 Å². The van der Waals surface area contributed by atoms with Crippen LogP contribution in [0.4, 0.5) is 0 Å². The second-order valence-electron chi connectivity index (χ2n) is 6.77. The summed E-state index contributed by atoms with van der Waals surface area (Å²) < 4.78 is 39.5. The lowest BCUT2D eigenvalue weighted by atomic mass is 10.1. The maximum atomic E-state index is 12.9. The number of hydrogen-bond acceptors (Lipinski definition) is 6. The van der Waals surface area contributed by atoms with Gasteiger partial charge in [0.05, 0.1) is 29.4 Å². The summed E-state index contributed by atoms with van der Waals surface area (Å²) in [7, 11) is -3.69. The number of morpholine rings is 1. The predicted octanol–water partition coefficient (Wildman–Crippen LogP) is 2.02. The van der Waals surface area contributed by atoms with E-state index in [0.717, 1.165) is 5.65 Å². The third-order valence-corrected chi connectivity index (χ3v) is 6.70. The van der Waals surface area contributed by atoms with Crippen LogP contribution in [-0.2, 0) is 26.1 Å². The van der Waals surface area contributed by atoms with Gasteiger partial charge in [-0.25, -0.2) is 18.2 Å². The zero-order valence-electron chi connectivity index (χ0n) is 15.9. The Morgan fingerprint density at radius 3 is 2.76 bits per heavy atom. The first-order valence-electron chi connectivity index (χ1n) is 9.23. The van der Waals surface area contributed by atoms with E-state index in [0.29, 0.717) is 37.6 Å². The van der Waals surface area contributed by atoms with Crippen molar-refractivity contribution >= 4 is 21.6 Å². The molecule has 2 aromatic heterocycles. The van der Waals surface area contributed by atoms with E-state index in [4.69, 9.17) is 9.47 Å². The summed E-state index contributed by atoms with van der Waals surface area (Å²) in [5.74, 6) is -0.585. The van der Waals surface area contributed by atoms with Crippen molar-refractivity contribution in [1.82, 2.24) is 13.7 Å². The first-order valence-corrected chi connectivity index (χ1v) is 10.7. The van der Waals surface area contributed by atoms with Crippen molar-refractivity contribution in [3.63, 3.8) is 0 Å². The van der Waals surface area contributed by atoms with Crippen molar-refractivity contribution in [2.75, 3.05) is 26.3 Å². The molecule has 0 N–H and O–H groups in total. The smallest absolute Gasteiger partial charge is 0.338 e. The third kappa shape index (κ3) is 4.02. The highest BCUT2D eigenvalue weighted by Crippen LogP contribution is 2.21. The SMILES string of the molecule is Cc1ccc(S(=O)(=O)N2CCOCC2)cc1C(=O)OCc1cn2ccccc2n1. The van der Waals surface area contributed by atoms with Crippen molar-refractivity contribution < 1.29 is 22.7 Å². The number of pyridine rings is 1. The highest BCUT2D eigenvalue weighted by atomic mass is 32.2. The Morgan fingerprint density at radius 1 is 1.21 bits per heavy atom. The Labute approximate surface area is 168 Å². The second-order valence-corrected chi connectivity index (χ2v) is 8.71. The Hall–Kier alpha value is -2.75. The molecule has 1 aromatic carbocycles. The van der Waals surface area contributed by atoms with Crippen LogP contribution in [0.25, 0.3) is 5.65 Å². The van der Waals surface area contributed by atoms with E-state index in [-0.39, 0.29) is 17.1 Å². The van der Waals surface area contributed by atoms with Crippen LogP contribution in [0.5, 0.6) is 0 Å². The molecule has 0 radical (unpaired) electrons. The molecule has 9 heteroatoms. The summed E-state index contributed by atoms with van der Waals surface area (Å²) in [6.45, 7) is 3.05. The molecule has 1 fully saturated rings. The number of fused-ring (bicyclic) bond motifs is 1. The summed E-state index contributed by atoms with van der Waals surface area (Å²) in [5, 5.41) is 0. The third-order valence-electron chi connectivity index (χ3n) is 4.80. The molecule has 152 valence electrons. The van der Waals surface area contributed by atoms with Crippen LogP contribution in [0.3, 0.4) is 0 Å². The molecule has 3 aromatic rings. The fourth-order valence-electron chi connectivity index (χ4n) is 3.19. The van der Waals surface area contributed by atoms with E-state index >= 15 is 0 Å². The van der Waals surface area contributed by atoms with Gasteiger partial charge in [-0.3, -0.25) is 0 Å². The molecule has 1 aliphatic heterocycles. The fraction of sp³-hybridized carbons (Fsp3) is 0.300. The lowest BCUT2D eigenvalue weighted by Gasteiger charge is -2.26. The average molecular weight is 415 g/mol. The van der Waals surface area contributed by atoms with Gasteiger partial charge in [-0.2, -0.15) is 4.31 Å². The van der Waals surface area contributed by atoms with Crippen LogP contribution in [0.15, 0.2) is 53.7 Å². The highest BCUT2D eigenvalue weighted by Gasteiger charge is 2.27. The predicted molar refractivity (Wildman–Crippen MR) is 105 cm³/mol. The van der Waals surface area contributed by atoms with Crippen molar-refractivity contribution in [2.24, 2.45) is 0 Å². The molecule has 0 saturated carbocycles. The molecule has 29 heavy (non-hydrogen) atoms. The number of benzene rings is 1. The number of carbonyl (C=O) groups excluding carboxylic acids is 1. The minimum Gasteiger partial charge on any atom is -0.456 e. The Kier molecular flexibility index (Phi) is 5.35. The van der Waals surface area contributed by atoms with Gasteiger partial charge in [0.1, 0.15) is 12.3 Å². The maximum Gasteiger partial charge on any atom is 0.338 e. The van der Waals surface area contributed by atoms with Crippen LogP contribution in [0.1, 0.15) is 21.6 Å². The molecule has 0 spiro atoms. The monoisotopic (exact) mass is 415 g/mol. The van der Waals surface area contributed by atoms with Crippen LogP contribution < -0.4 is 0 Å². The van der Waals surface area contributed by atoms with Gasteiger partial charge in [0, 0.05) is 25.5 Å². The molecule has 0 amide bonds. The molecule has 1 saturated heterocycles. The zero-order valence-corrected chi connectivity index (χ0v) is 16.8. The van der Waals surface area contributed by atoms with Crippen molar-refractivity contribution in [3.05, 3.63) is 65.6 Å². The van der Waals surface area contributed by atoms with Gasteiger partial charge in [-0.1, -0.05) is 12.1 Å². The van der Waals surface area contributed by atoms with Gasteiger partial charge in [-0.15, -0.1) is 0 Å². The van der Waals surface area contributed by atoms with E-state index < -0.39 is 16.0 Å². The molecule has 8 nitrogen and oxygen atoms in total. The van der Waals surface area contributed by atoms with E-state index in [2.05, 4.69) is 4.98 Å². The number of carbonyl (C=O) groups is 1. The van der Waals surface area contributed by atoms with Gasteiger partial charge >= 0.3 is 5.97 Å². The molecular weight excluding hydrogens is 394 g/mol. The van der Waals surface area contributed by atoms with E-state index in [1.54, 1.807) is 19.2 Å². The molecule has 0 aliphatic carbocycles. The first kappa shape index (κ1) is 19.6. The van der Waals surface area contributed by atoms with Crippen LogP contribution in [0.2, 0.25) is 0 Å². The molecule has 4 rings (SSSR count). The standard InChI is InChI=1S/C20H21N3O5S/c1-15-5-6-17(29(25,26)23-8-10-27-11-9-23)12-18(15)20(24)28-14-16-13-22-7-3-2-4-19(22)21-16/h2-7,12-13H,8-11,14H2,1H3. The zero-order chi connectivity index (χ0) is 20.4. The van der Waals surface area contributed by atoms with Crippen molar-refractivity contribution in [1.29, 1.82) is 0 Å². The number of ether oxygens (including phenoxy) is 2. The van der Waals surface area contributed by atoms with Crippen molar-refractivity contribution in [3.8, 4) is 0 Å². The Bertz CT molecular complexity index is 1120. The summed E-state index contributed by atoms with van der Waals surface area (Å²) in [5.41, 5.74) is 2.24. The van der Waals surface area contributed by atoms with E-state index in [1.807, 2.05) is 28.8 Å². The van der Waals surface area contributed by atoms with E-state index in [1.165, 1.54) is 16.4 Å². The second kappa shape index (κ2) is 7.94. The number of esters is 1. The summed E-state index contributed by atoms with van der Waals surface area (Å²) in [6, 6.07) is 10.1. The minimum absolute atomic E-state index is 0.000392. The largest absolute Gasteiger partial charge is 0.456 e. The van der Waals surface area contributed by atoms with Gasteiger partial charge in [0.15, 0.2) is 0 Å². The Balaban J connectivity index is 1.52. The molecule has 0 atom stereocenters. The number of hydrogen-bond donors (Lipinski definition) is 0. The number of rotatable bonds is 5. The van der Waals surface area contributed by atoms with Crippen LogP contribution in [-0.4, -0.2) is 54.4 Å². The van der Waals surface area contributed by atoms with Crippen molar-refractivity contribution in [2.45, 2.75) is 18.4 Å². The average Bonchev–Trinajstić information content (AvgIpc) is 3.16. The molecular formula is C20H21N3O5S. The lowest BCUT2D eigenvalue weighted by Crippen LogP contribution is -2.40. The molecule has 3 heterocycles. The quantitative estimate of drug-likeness (QED) is 0.592. The lowest BCUT2D eigenvalue weighted by molar-refractivity contribution is 0.0467. The number of nitrogens with zero attached hydrogens (tertiary/aromatic N) is 3. The first-order chi connectivity index (χ1) is 13.9. The summed E-state index contributed by atoms with van der Waals surface area (Å²) in [6.07, 6.45) is 3.65. The number of sulfonamides is 1. The molecule has 0 unspecified atom stereocenters. The summed E-state index contributed by atoms with van der Waals surface area (Å²) >= 11 is 0. The maximum absolute atomic E-state index is 12.9. The topological polar surface area (TPSA) is 90.2 Å². The minimum atomic E-state index is -3.69. The highest BCUT2D eigenvalue weighted by molar-refractivity contribution is 7.89. The van der Waals surface area contributed by atoms with Gasteiger partial charge < -0.3 is 13.9 Å². The number of aryl methyl sites for hydroxylation is 1. The molecule has 0 bridgehead atoms.